The summed E-state index contributed by atoms with van der Waals surface area (Å²) in [7, 11) is 0. The molecule has 0 aliphatic heterocycles. The number of nitrogens with zero attached hydrogens (tertiary/aromatic N) is 1. The maximum Gasteiger partial charge on any atom is 0.394 e. The van der Waals surface area contributed by atoms with Gasteiger partial charge < -0.3 is 16.2 Å². The van der Waals surface area contributed by atoms with Crippen molar-refractivity contribution in [2.24, 2.45) is 10.7 Å². The zero-order valence-corrected chi connectivity index (χ0v) is 8.56. The van der Waals surface area contributed by atoms with Gasteiger partial charge in [-0.1, -0.05) is 0 Å². The maximum absolute atomic E-state index is 10.8. The lowest BCUT2D eigenvalue weighted by Gasteiger charge is -2.02. The SMILES string of the molecule is C=N/C=C(\C=C(/C)NC(=O)C(=O)O)C(N)=O. The van der Waals surface area contributed by atoms with Crippen LogP contribution in [0.15, 0.2) is 28.5 Å². The molecule has 0 rings (SSSR count). The van der Waals surface area contributed by atoms with Crippen LogP contribution in [-0.2, 0) is 14.4 Å². The molecule has 0 saturated carbocycles. The molecule has 0 fully saturated rings. The van der Waals surface area contributed by atoms with E-state index in [0.717, 1.165) is 6.20 Å². The fourth-order valence-electron chi connectivity index (χ4n) is 0.772. The molecule has 0 aliphatic carbocycles. The van der Waals surface area contributed by atoms with Gasteiger partial charge in [-0.25, -0.2) is 4.79 Å². The Morgan fingerprint density at radius 2 is 2.00 bits per heavy atom. The zero-order valence-electron chi connectivity index (χ0n) is 8.56. The number of rotatable bonds is 4. The molecule has 7 heteroatoms. The summed E-state index contributed by atoms with van der Waals surface area (Å²) in [5.41, 5.74) is 5.15. The fraction of sp³-hybridized carbons (Fsp3) is 0.111. The van der Waals surface area contributed by atoms with Gasteiger partial charge in [0.15, 0.2) is 0 Å². The van der Waals surface area contributed by atoms with Gasteiger partial charge in [0, 0.05) is 11.9 Å². The molecule has 0 aliphatic rings. The van der Waals surface area contributed by atoms with Crippen molar-refractivity contribution >= 4 is 24.5 Å². The van der Waals surface area contributed by atoms with Crippen molar-refractivity contribution in [3.63, 3.8) is 0 Å². The number of allylic oxidation sites excluding steroid dienone is 1. The number of nitrogens with two attached hydrogens (primary N) is 1. The lowest BCUT2D eigenvalue weighted by Crippen LogP contribution is -2.29. The minimum Gasteiger partial charge on any atom is -0.474 e. The number of hydrogen-bond donors (Lipinski definition) is 3. The summed E-state index contributed by atoms with van der Waals surface area (Å²) in [4.78, 5) is 35.1. The Bertz CT molecular complexity index is 396. The first kappa shape index (κ1) is 13.6. The van der Waals surface area contributed by atoms with E-state index in [1.807, 2.05) is 5.32 Å². The second-order valence-corrected chi connectivity index (χ2v) is 2.72. The number of hydrogen-bond acceptors (Lipinski definition) is 4. The van der Waals surface area contributed by atoms with Gasteiger partial charge in [-0.05, 0) is 19.7 Å². The highest BCUT2D eigenvalue weighted by molar-refractivity contribution is 6.31. The van der Waals surface area contributed by atoms with Crippen LogP contribution in [-0.4, -0.2) is 29.6 Å². The van der Waals surface area contributed by atoms with Crippen LogP contribution in [0.4, 0.5) is 0 Å². The van der Waals surface area contributed by atoms with Crippen LogP contribution in [0.5, 0.6) is 0 Å². The third-order valence-electron chi connectivity index (χ3n) is 1.39. The number of carbonyl (C=O) groups is 3. The lowest BCUT2D eigenvalue weighted by atomic mass is 10.2. The number of carboxylic acids is 1. The van der Waals surface area contributed by atoms with Crippen LogP contribution in [0.25, 0.3) is 0 Å². The number of aliphatic carboxylic acids is 1. The van der Waals surface area contributed by atoms with E-state index in [4.69, 9.17) is 10.8 Å². The highest BCUT2D eigenvalue weighted by Gasteiger charge is 2.11. The Morgan fingerprint density at radius 1 is 1.44 bits per heavy atom. The summed E-state index contributed by atoms with van der Waals surface area (Å²) < 4.78 is 0. The number of amides is 2. The Hall–Kier alpha value is -2.44. The summed E-state index contributed by atoms with van der Waals surface area (Å²) >= 11 is 0. The van der Waals surface area contributed by atoms with Crippen molar-refractivity contribution < 1.29 is 19.5 Å². The highest BCUT2D eigenvalue weighted by atomic mass is 16.4. The molecular weight excluding hydrogens is 214 g/mol. The highest BCUT2D eigenvalue weighted by Crippen LogP contribution is 2.00. The van der Waals surface area contributed by atoms with Crippen molar-refractivity contribution in [3.05, 3.63) is 23.5 Å². The van der Waals surface area contributed by atoms with Crippen molar-refractivity contribution in [2.75, 3.05) is 0 Å². The molecular formula is C9H11N3O4. The molecule has 0 bridgehead atoms. The third-order valence-corrected chi connectivity index (χ3v) is 1.39. The summed E-state index contributed by atoms with van der Waals surface area (Å²) in [5, 5.41) is 10.3. The quantitative estimate of drug-likeness (QED) is 0.250. The van der Waals surface area contributed by atoms with E-state index in [9.17, 15) is 14.4 Å². The number of aliphatic imine (C=N–C) groups is 1. The minimum atomic E-state index is -1.63. The molecule has 0 atom stereocenters. The molecule has 0 spiro atoms. The van der Waals surface area contributed by atoms with Gasteiger partial charge in [0.25, 0.3) is 0 Å². The number of primary amides is 1. The third kappa shape index (κ3) is 4.70. The normalized spacial score (nSPS) is 11.8. The summed E-state index contributed by atoms with van der Waals surface area (Å²) in [5.74, 6) is -3.60. The lowest BCUT2D eigenvalue weighted by molar-refractivity contribution is -0.149. The number of carboxylic acid groups (broad SMARTS) is 1. The van der Waals surface area contributed by atoms with Crippen LogP contribution < -0.4 is 11.1 Å². The second kappa shape index (κ2) is 6.12. The van der Waals surface area contributed by atoms with Crippen molar-refractivity contribution in [1.82, 2.24) is 5.32 Å². The second-order valence-electron chi connectivity index (χ2n) is 2.72. The Labute approximate surface area is 91.3 Å². The van der Waals surface area contributed by atoms with E-state index in [1.54, 1.807) is 0 Å². The molecule has 0 saturated heterocycles. The standard InChI is InChI=1S/C9H11N3O4/c1-5(12-8(14)9(15)16)3-6(4-11-2)7(10)13/h3-4H,2H2,1H3,(H2,10,13)(H,12,14)(H,15,16)/b5-3+,6-4+. The maximum atomic E-state index is 10.8. The Kier molecular flexibility index (Phi) is 5.19. The minimum absolute atomic E-state index is 0.00168. The molecule has 0 unspecified atom stereocenters. The summed E-state index contributed by atoms with van der Waals surface area (Å²) in [6, 6.07) is 0. The van der Waals surface area contributed by atoms with E-state index in [-0.39, 0.29) is 11.3 Å². The van der Waals surface area contributed by atoms with E-state index in [0.29, 0.717) is 0 Å². The Morgan fingerprint density at radius 3 is 2.38 bits per heavy atom. The van der Waals surface area contributed by atoms with Crippen LogP contribution >= 0.6 is 0 Å². The molecule has 2 amide bonds. The molecule has 0 aromatic carbocycles. The van der Waals surface area contributed by atoms with Crippen molar-refractivity contribution in [1.29, 1.82) is 0 Å². The predicted octanol–water partition coefficient (Wildman–Crippen LogP) is -0.839. The molecule has 0 aromatic rings. The van der Waals surface area contributed by atoms with Crippen LogP contribution in [0.2, 0.25) is 0 Å². The average Bonchev–Trinajstić information content (AvgIpc) is 2.16. The fourth-order valence-corrected chi connectivity index (χ4v) is 0.772. The van der Waals surface area contributed by atoms with E-state index in [2.05, 4.69) is 11.7 Å². The first-order valence-electron chi connectivity index (χ1n) is 4.07. The molecule has 4 N–H and O–H groups in total. The van der Waals surface area contributed by atoms with Crippen molar-refractivity contribution in [3.8, 4) is 0 Å². The van der Waals surface area contributed by atoms with Crippen LogP contribution in [0.3, 0.4) is 0 Å². The number of nitrogens with one attached hydrogen (secondary N) is 1. The van der Waals surface area contributed by atoms with Crippen LogP contribution in [0, 0.1) is 0 Å². The topological polar surface area (TPSA) is 122 Å². The van der Waals surface area contributed by atoms with Gasteiger partial charge in [-0.3, -0.25) is 14.6 Å². The van der Waals surface area contributed by atoms with Crippen molar-refractivity contribution in [2.45, 2.75) is 6.92 Å². The van der Waals surface area contributed by atoms with Gasteiger partial charge in [0.2, 0.25) is 5.91 Å². The Balaban J connectivity index is 4.81. The molecule has 0 radical (unpaired) electrons. The van der Waals surface area contributed by atoms with E-state index < -0.39 is 17.8 Å². The van der Waals surface area contributed by atoms with Gasteiger partial charge in [-0.2, -0.15) is 0 Å². The molecule has 16 heavy (non-hydrogen) atoms. The van der Waals surface area contributed by atoms with Gasteiger partial charge >= 0.3 is 11.9 Å². The van der Waals surface area contributed by atoms with Crippen LogP contribution in [0.1, 0.15) is 6.92 Å². The molecule has 86 valence electrons. The summed E-state index contributed by atoms with van der Waals surface area (Å²) in [6.45, 7) is 4.54. The number of carbonyl (C=O) groups excluding carboxylic acids is 2. The zero-order chi connectivity index (χ0) is 12.7. The average molecular weight is 225 g/mol. The molecule has 7 nitrogen and oxygen atoms in total. The van der Waals surface area contributed by atoms with Gasteiger partial charge in [0.1, 0.15) is 0 Å². The predicted molar refractivity (Wildman–Crippen MR) is 56.4 cm³/mol. The van der Waals surface area contributed by atoms with E-state index in [1.165, 1.54) is 13.0 Å². The monoisotopic (exact) mass is 225 g/mol. The molecule has 0 heterocycles. The van der Waals surface area contributed by atoms with Gasteiger partial charge in [0.05, 0.1) is 5.57 Å². The smallest absolute Gasteiger partial charge is 0.394 e. The largest absolute Gasteiger partial charge is 0.474 e. The first-order chi connectivity index (χ1) is 7.38. The van der Waals surface area contributed by atoms with E-state index >= 15 is 0 Å². The van der Waals surface area contributed by atoms with Gasteiger partial charge in [-0.15, -0.1) is 0 Å². The first-order valence-corrected chi connectivity index (χ1v) is 4.07. The molecule has 0 aromatic heterocycles. The summed E-state index contributed by atoms with van der Waals surface area (Å²) in [6.07, 6.45) is 2.29.